The quantitative estimate of drug-likeness (QED) is 0.669. The summed E-state index contributed by atoms with van der Waals surface area (Å²) in [6.45, 7) is 2.07. The van der Waals surface area contributed by atoms with Crippen LogP contribution in [0.4, 0.5) is 5.69 Å². The smallest absolute Gasteiger partial charge is 0.264 e. The second-order valence-corrected chi connectivity index (χ2v) is 5.39. The molecule has 1 aromatic carbocycles. The van der Waals surface area contributed by atoms with E-state index in [0.717, 1.165) is 10.7 Å². The molecule has 2 amide bonds. The van der Waals surface area contributed by atoms with Crippen LogP contribution in [-0.4, -0.2) is 21.7 Å². The number of nitrogens with two attached hydrogens (primary N) is 1. The number of anilines is 1. The van der Waals surface area contributed by atoms with Gasteiger partial charge in [0.25, 0.3) is 11.8 Å². The van der Waals surface area contributed by atoms with Gasteiger partial charge in [-0.25, -0.2) is 4.98 Å². The second kappa shape index (κ2) is 4.17. The Morgan fingerprint density at radius 3 is 2.74 bits per heavy atom. The van der Waals surface area contributed by atoms with E-state index in [1.165, 1.54) is 16.2 Å². The molecule has 0 atom stereocenters. The van der Waals surface area contributed by atoms with E-state index in [1.807, 2.05) is 12.3 Å². The third-order valence-electron chi connectivity index (χ3n) is 3.02. The first-order chi connectivity index (χ1) is 9.08. The van der Waals surface area contributed by atoms with E-state index >= 15 is 0 Å². The van der Waals surface area contributed by atoms with Crippen LogP contribution in [0.3, 0.4) is 0 Å². The summed E-state index contributed by atoms with van der Waals surface area (Å²) in [5, 5.41) is 2.76. The minimum absolute atomic E-state index is 0.191. The van der Waals surface area contributed by atoms with Crippen molar-refractivity contribution in [3.05, 3.63) is 45.4 Å². The van der Waals surface area contributed by atoms with Crippen LogP contribution >= 0.6 is 11.3 Å². The highest BCUT2D eigenvalue weighted by molar-refractivity contribution is 7.09. The lowest BCUT2D eigenvalue weighted by Gasteiger charge is -2.11. The van der Waals surface area contributed by atoms with Crippen LogP contribution in [-0.2, 0) is 6.54 Å². The SMILES string of the molecule is Cc1nc(CN2C(=O)c3cccc(N)c3C2=O)cs1. The van der Waals surface area contributed by atoms with Crippen molar-refractivity contribution in [3.8, 4) is 0 Å². The number of aromatic nitrogens is 1. The number of nitrogen functional groups attached to an aromatic ring is 1. The number of fused-ring (bicyclic) bond motifs is 1. The lowest BCUT2D eigenvalue weighted by molar-refractivity contribution is 0.0641. The van der Waals surface area contributed by atoms with Crippen molar-refractivity contribution in [2.45, 2.75) is 13.5 Å². The Morgan fingerprint density at radius 2 is 2.11 bits per heavy atom. The van der Waals surface area contributed by atoms with Gasteiger partial charge in [-0.05, 0) is 19.1 Å². The Kier molecular flexibility index (Phi) is 2.60. The maximum atomic E-state index is 12.2. The third kappa shape index (κ3) is 1.80. The van der Waals surface area contributed by atoms with E-state index < -0.39 is 0 Å². The van der Waals surface area contributed by atoms with Gasteiger partial charge in [-0.1, -0.05) is 6.07 Å². The van der Waals surface area contributed by atoms with E-state index in [2.05, 4.69) is 4.98 Å². The molecule has 3 rings (SSSR count). The van der Waals surface area contributed by atoms with E-state index in [9.17, 15) is 9.59 Å². The Bertz CT molecular complexity index is 693. The van der Waals surface area contributed by atoms with Gasteiger partial charge < -0.3 is 5.73 Å². The van der Waals surface area contributed by atoms with Crippen LogP contribution in [0.15, 0.2) is 23.6 Å². The lowest BCUT2D eigenvalue weighted by Crippen LogP contribution is -2.29. The number of rotatable bonds is 2. The summed E-state index contributed by atoms with van der Waals surface area (Å²) in [5.41, 5.74) is 7.51. The molecule has 19 heavy (non-hydrogen) atoms. The second-order valence-electron chi connectivity index (χ2n) is 4.32. The van der Waals surface area contributed by atoms with Gasteiger partial charge in [0, 0.05) is 11.1 Å². The molecular formula is C13H11N3O2S. The highest BCUT2D eigenvalue weighted by Crippen LogP contribution is 2.28. The molecule has 0 saturated carbocycles. The number of amides is 2. The average Bonchev–Trinajstić information content (AvgIpc) is 2.88. The summed E-state index contributed by atoms with van der Waals surface area (Å²) in [7, 11) is 0. The Balaban J connectivity index is 1.97. The van der Waals surface area contributed by atoms with Gasteiger partial charge >= 0.3 is 0 Å². The number of nitrogens with zero attached hydrogens (tertiary/aromatic N) is 2. The molecule has 0 saturated heterocycles. The molecule has 96 valence electrons. The monoisotopic (exact) mass is 273 g/mol. The molecule has 1 aromatic heterocycles. The predicted molar refractivity (Wildman–Crippen MR) is 71.9 cm³/mol. The molecule has 2 heterocycles. The molecule has 0 aliphatic carbocycles. The van der Waals surface area contributed by atoms with Crippen molar-refractivity contribution < 1.29 is 9.59 Å². The standard InChI is InChI=1S/C13H11N3O2S/c1-7-15-8(6-19-7)5-16-12(17)9-3-2-4-10(14)11(9)13(16)18/h2-4,6H,5,14H2,1H3. The highest BCUT2D eigenvalue weighted by Gasteiger charge is 2.37. The number of benzene rings is 1. The minimum Gasteiger partial charge on any atom is -0.398 e. The number of hydrogen-bond acceptors (Lipinski definition) is 5. The summed E-state index contributed by atoms with van der Waals surface area (Å²) in [6.07, 6.45) is 0. The number of carbonyl (C=O) groups is 2. The Hall–Kier alpha value is -2.21. The number of thiazole rings is 1. The molecule has 1 aliphatic rings. The van der Waals surface area contributed by atoms with E-state index in [1.54, 1.807) is 18.2 Å². The number of carbonyl (C=O) groups excluding carboxylic acids is 2. The largest absolute Gasteiger partial charge is 0.398 e. The molecule has 6 heteroatoms. The van der Waals surface area contributed by atoms with Crippen LogP contribution in [0.1, 0.15) is 31.4 Å². The van der Waals surface area contributed by atoms with Gasteiger partial charge in [0.05, 0.1) is 28.4 Å². The molecule has 0 fully saturated rings. The predicted octanol–water partition coefficient (Wildman–Crippen LogP) is 1.83. The number of aryl methyl sites for hydroxylation is 1. The molecule has 0 spiro atoms. The van der Waals surface area contributed by atoms with Crippen molar-refractivity contribution in [1.29, 1.82) is 0 Å². The Morgan fingerprint density at radius 1 is 1.32 bits per heavy atom. The topological polar surface area (TPSA) is 76.3 Å². The zero-order chi connectivity index (χ0) is 13.6. The first-order valence-corrected chi connectivity index (χ1v) is 6.61. The first kappa shape index (κ1) is 11.9. The summed E-state index contributed by atoms with van der Waals surface area (Å²) >= 11 is 1.49. The van der Waals surface area contributed by atoms with Gasteiger partial charge in [0.1, 0.15) is 0 Å². The average molecular weight is 273 g/mol. The van der Waals surface area contributed by atoms with Crippen molar-refractivity contribution in [2.24, 2.45) is 0 Å². The molecule has 2 N–H and O–H groups in total. The van der Waals surface area contributed by atoms with Crippen molar-refractivity contribution in [2.75, 3.05) is 5.73 Å². The maximum Gasteiger partial charge on any atom is 0.264 e. The number of imide groups is 1. The van der Waals surface area contributed by atoms with Gasteiger partial charge in [-0.3, -0.25) is 14.5 Å². The fourth-order valence-electron chi connectivity index (χ4n) is 2.15. The zero-order valence-corrected chi connectivity index (χ0v) is 11.0. The van der Waals surface area contributed by atoms with Crippen molar-refractivity contribution in [3.63, 3.8) is 0 Å². The fourth-order valence-corrected chi connectivity index (χ4v) is 2.75. The van der Waals surface area contributed by atoms with Gasteiger partial charge in [-0.2, -0.15) is 0 Å². The molecule has 0 unspecified atom stereocenters. The summed E-state index contributed by atoms with van der Waals surface area (Å²) in [6, 6.07) is 4.93. The van der Waals surface area contributed by atoms with Crippen LogP contribution in [0.5, 0.6) is 0 Å². The molecule has 2 aromatic rings. The lowest BCUT2D eigenvalue weighted by atomic mass is 10.1. The normalized spacial score (nSPS) is 14.1. The van der Waals surface area contributed by atoms with Crippen LogP contribution in [0.25, 0.3) is 0 Å². The molecule has 1 aliphatic heterocycles. The third-order valence-corrected chi connectivity index (χ3v) is 3.84. The molecular weight excluding hydrogens is 262 g/mol. The number of hydrogen-bond donors (Lipinski definition) is 1. The molecule has 0 bridgehead atoms. The van der Waals surface area contributed by atoms with Gasteiger partial charge in [-0.15, -0.1) is 11.3 Å². The van der Waals surface area contributed by atoms with E-state index in [0.29, 0.717) is 16.8 Å². The van der Waals surface area contributed by atoms with E-state index in [-0.39, 0.29) is 18.4 Å². The summed E-state index contributed by atoms with van der Waals surface area (Å²) < 4.78 is 0. The summed E-state index contributed by atoms with van der Waals surface area (Å²) in [5.74, 6) is -0.651. The van der Waals surface area contributed by atoms with Crippen LogP contribution < -0.4 is 5.73 Å². The van der Waals surface area contributed by atoms with Crippen LogP contribution in [0, 0.1) is 6.92 Å². The van der Waals surface area contributed by atoms with Crippen molar-refractivity contribution >= 4 is 28.8 Å². The molecule has 5 nitrogen and oxygen atoms in total. The zero-order valence-electron chi connectivity index (χ0n) is 10.2. The van der Waals surface area contributed by atoms with Gasteiger partial charge in [0.2, 0.25) is 0 Å². The minimum atomic E-state index is -0.344. The molecule has 0 radical (unpaired) electrons. The Labute approximate surface area is 113 Å². The first-order valence-electron chi connectivity index (χ1n) is 5.73. The van der Waals surface area contributed by atoms with Crippen LogP contribution in [0.2, 0.25) is 0 Å². The summed E-state index contributed by atoms with van der Waals surface area (Å²) in [4.78, 5) is 29.9. The fraction of sp³-hybridized carbons (Fsp3) is 0.154. The highest BCUT2D eigenvalue weighted by atomic mass is 32.1. The van der Waals surface area contributed by atoms with Crippen molar-refractivity contribution in [1.82, 2.24) is 9.88 Å². The van der Waals surface area contributed by atoms with E-state index in [4.69, 9.17) is 5.73 Å². The van der Waals surface area contributed by atoms with Gasteiger partial charge in [0.15, 0.2) is 0 Å². The maximum absolute atomic E-state index is 12.2.